The van der Waals surface area contributed by atoms with Gasteiger partial charge in [0.15, 0.2) is 0 Å². The van der Waals surface area contributed by atoms with Gasteiger partial charge in [0.25, 0.3) is 5.91 Å². The van der Waals surface area contributed by atoms with Crippen LogP contribution in [0, 0.1) is 17.2 Å². The number of nitrogens with zero attached hydrogens (tertiary/aromatic N) is 1. The number of nitriles is 1. The summed E-state index contributed by atoms with van der Waals surface area (Å²) < 4.78 is 4.61. The second-order valence-electron chi connectivity index (χ2n) is 4.37. The molecule has 1 aromatic carbocycles. The van der Waals surface area contributed by atoms with E-state index in [4.69, 9.17) is 5.26 Å². The van der Waals surface area contributed by atoms with Gasteiger partial charge >= 0.3 is 5.97 Å². The summed E-state index contributed by atoms with van der Waals surface area (Å²) in [6.45, 7) is 1.65. The number of carbonyl (C=O) groups excluding carboxylic acids is 2. The predicted octanol–water partition coefficient (Wildman–Crippen LogP) is 1.21. The monoisotopic (exact) mass is 276 g/mol. The van der Waals surface area contributed by atoms with Gasteiger partial charge in [-0.3, -0.25) is 4.79 Å². The maximum absolute atomic E-state index is 12.0. The topological polar surface area (TPSA) is 99.4 Å². The highest BCUT2D eigenvalue weighted by atomic mass is 16.5. The summed E-state index contributed by atoms with van der Waals surface area (Å²) >= 11 is 0. The highest BCUT2D eigenvalue weighted by molar-refractivity contribution is 5.97. The van der Waals surface area contributed by atoms with Crippen molar-refractivity contribution in [3.8, 4) is 11.8 Å². The number of nitrogens with one attached hydrogen (secondary N) is 1. The molecule has 1 amide bonds. The van der Waals surface area contributed by atoms with Crippen molar-refractivity contribution in [2.45, 2.75) is 19.4 Å². The standard InChI is InChI=1S/C14H16N2O4/c1-9(8-15)6-12(14(19)20-2)16-13(18)10-4-3-5-11(17)7-10/h3-5,7,9,12,17H,6H2,1-2H3,(H,16,18)/t9-,12-/m1/s1. The summed E-state index contributed by atoms with van der Waals surface area (Å²) in [7, 11) is 1.22. The number of benzene rings is 1. The number of amides is 1. The van der Waals surface area contributed by atoms with E-state index in [-0.39, 0.29) is 17.7 Å². The second kappa shape index (κ2) is 7.14. The van der Waals surface area contributed by atoms with E-state index >= 15 is 0 Å². The molecule has 0 aliphatic carbocycles. The number of aromatic hydroxyl groups is 1. The van der Waals surface area contributed by atoms with E-state index in [0.717, 1.165) is 0 Å². The molecule has 2 atom stereocenters. The van der Waals surface area contributed by atoms with Crippen LogP contribution in [-0.4, -0.2) is 30.1 Å². The van der Waals surface area contributed by atoms with Crippen LogP contribution in [0.25, 0.3) is 0 Å². The van der Waals surface area contributed by atoms with Crippen molar-refractivity contribution in [3.05, 3.63) is 29.8 Å². The molecule has 0 bridgehead atoms. The number of esters is 1. The third-order valence-electron chi connectivity index (χ3n) is 2.71. The summed E-state index contributed by atoms with van der Waals surface area (Å²) in [4.78, 5) is 23.6. The number of ether oxygens (including phenoxy) is 1. The van der Waals surface area contributed by atoms with Crippen molar-refractivity contribution in [1.82, 2.24) is 5.32 Å². The summed E-state index contributed by atoms with van der Waals surface area (Å²) in [5, 5.41) is 20.6. The Kier molecular flexibility index (Phi) is 5.54. The molecule has 0 aliphatic heterocycles. The maximum Gasteiger partial charge on any atom is 0.328 e. The molecule has 0 unspecified atom stereocenters. The van der Waals surface area contributed by atoms with E-state index in [2.05, 4.69) is 10.1 Å². The van der Waals surface area contributed by atoms with Crippen molar-refractivity contribution in [3.63, 3.8) is 0 Å². The van der Waals surface area contributed by atoms with Crippen molar-refractivity contribution in [2.75, 3.05) is 7.11 Å². The fraction of sp³-hybridized carbons (Fsp3) is 0.357. The van der Waals surface area contributed by atoms with Gasteiger partial charge in [-0.1, -0.05) is 6.07 Å². The van der Waals surface area contributed by atoms with Crippen LogP contribution in [0.5, 0.6) is 5.75 Å². The average molecular weight is 276 g/mol. The van der Waals surface area contributed by atoms with Crippen molar-refractivity contribution in [1.29, 1.82) is 5.26 Å². The van der Waals surface area contributed by atoms with E-state index in [9.17, 15) is 14.7 Å². The fourth-order valence-corrected chi connectivity index (χ4v) is 1.65. The molecular weight excluding hydrogens is 260 g/mol. The van der Waals surface area contributed by atoms with E-state index < -0.39 is 23.8 Å². The summed E-state index contributed by atoms with van der Waals surface area (Å²) in [6.07, 6.45) is 0.160. The lowest BCUT2D eigenvalue weighted by atomic mass is 10.0. The fourth-order valence-electron chi connectivity index (χ4n) is 1.65. The Balaban J connectivity index is 2.81. The lowest BCUT2D eigenvalue weighted by molar-refractivity contribution is -0.143. The highest BCUT2D eigenvalue weighted by Crippen LogP contribution is 2.12. The Morgan fingerprint density at radius 3 is 2.75 bits per heavy atom. The van der Waals surface area contributed by atoms with Crippen molar-refractivity contribution in [2.24, 2.45) is 5.92 Å². The zero-order chi connectivity index (χ0) is 15.1. The number of methoxy groups -OCH3 is 1. The lowest BCUT2D eigenvalue weighted by Gasteiger charge is -2.17. The van der Waals surface area contributed by atoms with Gasteiger partial charge in [0.05, 0.1) is 13.2 Å². The Hall–Kier alpha value is -2.55. The Morgan fingerprint density at radius 2 is 2.20 bits per heavy atom. The van der Waals surface area contributed by atoms with Crippen molar-refractivity contribution < 1.29 is 19.4 Å². The van der Waals surface area contributed by atoms with Gasteiger partial charge in [-0.2, -0.15) is 5.26 Å². The van der Waals surface area contributed by atoms with Crippen LogP contribution in [-0.2, 0) is 9.53 Å². The Bertz CT molecular complexity index is 536. The minimum absolute atomic E-state index is 0.0438. The number of hydrogen-bond donors (Lipinski definition) is 2. The van der Waals surface area contributed by atoms with Crippen LogP contribution in [0.2, 0.25) is 0 Å². The van der Waals surface area contributed by atoms with Gasteiger partial charge in [0.1, 0.15) is 11.8 Å². The van der Waals surface area contributed by atoms with Gasteiger partial charge in [-0.05, 0) is 31.5 Å². The van der Waals surface area contributed by atoms with Gasteiger partial charge in [0, 0.05) is 11.5 Å². The van der Waals surface area contributed by atoms with Gasteiger partial charge in [-0.15, -0.1) is 0 Å². The van der Waals surface area contributed by atoms with Crippen LogP contribution in [0.4, 0.5) is 0 Å². The third-order valence-corrected chi connectivity index (χ3v) is 2.71. The maximum atomic E-state index is 12.0. The molecule has 0 aromatic heterocycles. The van der Waals surface area contributed by atoms with Gasteiger partial charge in [-0.25, -0.2) is 4.79 Å². The molecule has 0 saturated carbocycles. The van der Waals surface area contributed by atoms with E-state index in [1.54, 1.807) is 6.92 Å². The summed E-state index contributed by atoms with van der Waals surface area (Å²) in [6, 6.07) is 6.86. The normalized spacial score (nSPS) is 12.8. The first-order chi connectivity index (χ1) is 9.47. The highest BCUT2D eigenvalue weighted by Gasteiger charge is 2.24. The van der Waals surface area contributed by atoms with Crippen LogP contribution >= 0.6 is 0 Å². The number of rotatable bonds is 5. The molecule has 0 radical (unpaired) electrons. The number of phenols is 1. The molecule has 20 heavy (non-hydrogen) atoms. The van der Waals surface area contributed by atoms with Gasteiger partial charge in [0.2, 0.25) is 0 Å². The average Bonchev–Trinajstić information content (AvgIpc) is 2.45. The minimum Gasteiger partial charge on any atom is -0.508 e. The van der Waals surface area contributed by atoms with E-state index in [1.165, 1.54) is 31.4 Å². The third kappa shape index (κ3) is 4.28. The smallest absolute Gasteiger partial charge is 0.328 e. The molecule has 0 aliphatic rings. The largest absolute Gasteiger partial charge is 0.508 e. The van der Waals surface area contributed by atoms with Crippen LogP contribution in [0.3, 0.4) is 0 Å². The van der Waals surface area contributed by atoms with Crippen LogP contribution in [0.1, 0.15) is 23.7 Å². The Morgan fingerprint density at radius 1 is 1.50 bits per heavy atom. The zero-order valence-corrected chi connectivity index (χ0v) is 11.3. The van der Waals surface area contributed by atoms with Crippen LogP contribution in [0.15, 0.2) is 24.3 Å². The predicted molar refractivity (Wildman–Crippen MR) is 70.8 cm³/mol. The Labute approximate surface area is 117 Å². The molecule has 1 aromatic rings. The first-order valence-corrected chi connectivity index (χ1v) is 6.05. The number of carbonyl (C=O) groups is 2. The second-order valence-corrected chi connectivity index (χ2v) is 4.37. The number of hydrogen-bond acceptors (Lipinski definition) is 5. The minimum atomic E-state index is -0.899. The van der Waals surface area contributed by atoms with E-state index in [1.807, 2.05) is 6.07 Å². The molecule has 1 rings (SSSR count). The zero-order valence-electron chi connectivity index (χ0n) is 11.3. The van der Waals surface area contributed by atoms with Crippen LogP contribution < -0.4 is 5.32 Å². The summed E-state index contributed by atoms with van der Waals surface area (Å²) in [5.41, 5.74) is 0.225. The summed E-state index contributed by atoms with van der Waals surface area (Å²) in [5.74, 6) is -1.57. The first kappa shape index (κ1) is 15.5. The van der Waals surface area contributed by atoms with E-state index in [0.29, 0.717) is 0 Å². The molecule has 0 saturated heterocycles. The van der Waals surface area contributed by atoms with Gasteiger partial charge < -0.3 is 15.2 Å². The number of phenolic OH excluding ortho intramolecular Hbond substituents is 1. The lowest BCUT2D eigenvalue weighted by Crippen LogP contribution is -2.42. The molecule has 0 heterocycles. The quantitative estimate of drug-likeness (QED) is 0.787. The molecule has 6 heteroatoms. The SMILES string of the molecule is COC(=O)[C@@H](C[C@@H](C)C#N)NC(=O)c1cccc(O)c1. The first-order valence-electron chi connectivity index (χ1n) is 6.05. The molecule has 106 valence electrons. The molecule has 0 fully saturated rings. The molecule has 0 spiro atoms. The molecule has 6 nitrogen and oxygen atoms in total. The molecule has 2 N–H and O–H groups in total. The molecular formula is C14H16N2O4. The van der Waals surface area contributed by atoms with Crippen molar-refractivity contribution >= 4 is 11.9 Å².